The first-order valence-corrected chi connectivity index (χ1v) is 8.12. The van der Waals surface area contributed by atoms with Gasteiger partial charge in [-0.25, -0.2) is 0 Å². The molecule has 1 heterocycles. The Balaban J connectivity index is 2.18. The molecular formula is C18H30N2. The number of hydrogen-bond donors (Lipinski definition) is 1. The average Bonchev–Trinajstić information content (AvgIpc) is 2.53. The minimum atomic E-state index is 0.177. The summed E-state index contributed by atoms with van der Waals surface area (Å²) in [5.74, 6) is 0. The monoisotopic (exact) mass is 274 g/mol. The lowest BCUT2D eigenvalue weighted by atomic mass is 10.0. The van der Waals surface area contributed by atoms with Crippen LogP contribution in [0.15, 0.2) is 18.2 Å². The smallest absolute Gasteiger partial charge is 0.0442 e. The number of benzene rings is 1. The Morgan fingerprint density at radius 2 is 2.00 bits per heavy atom. The molecule has 0 atom stereocenters. The molecule has 20 heavy (non-hydrogen) atoms. The molecule has 0 radical (unpaired) electrons. The number of anilines is 1. The molecule has 0 unspecified atom stereocenters. The van der Waals surface area contributed by atoms with Crippen LogP contribution in [0.4, 0.5) is 5.69 Å². The maximum absolute atomic E-state index is 3.69. The fraction of sp³-hybridized carbons (Fsp3) is 0.667. The SMILES string of the molecule is CCCCCCN1CC(C)(C)NCc2cccc(C)c21. The van der Waals surface area contributed by atoms with Crippen LogP contribution in [0.3, 0.4) is 0 Å². The van der Waals surface area contributed by atoms with Crippen molar-refractivity contribution in [3.05, 3.63) is 29.3 Å². The minimum absolute atomic E-state index is 0.177. The summed E-state index contributed by atoms with van der Waals surface area (Å²) in [5.41, 5.74) is 4.52. The molecule has 0 spiro atoms. The van der Waals surface area contributed by atoms with Crippen molar-refractivity contribution in [3.63, 3.8) is 0 Å². The van der Waals surface area contributed by atoms with E-state index in [9.17, 15) is 0 Å². The zero-order valence-electron chi connectivity index (χ0n) is 13.6. The summed E-state index contributed by atoms with van der Waals surface area (Å²) in [6.45, 7) is 12.4. The number of rotatable bonds is 5. The van der Waals surface area contributed by atoms with E-state index < -0.39 is 0 Å². The summed E-state index contributed by atoms with van der Waals surface area (Å²) in [7, 11) is 0. The highest BCUT2D eigenvalue weighted by Gasteiger charge is 2.27. The van der Waals surface area contributed by atoms with Crippen molar-refractivity contribution in [2.24, 2.45) is 0 Å². The quantitative estimate of drug-likeness (QED) is 0.807. The van der Waals surface area contributed by atoms with Crippen LogP contribution in [0.5, 0.6) is 0 Å². The number of nitrogens with zero attached hydrogens (tertiary/aromatic N) is 1. The van der Waals surface area contributed by atoms with Gasteiger partial charge in [-0.05, 0) is 38.3 Å². The molecule has 0 amide bonds. The van der Waals surface area contributed by atoms with E-state index in [1.165, 1.54) is 49.0 Å². The van der Waals surface area contributed by atoms with Crippen LogP contribution in [0.25, 0.3) is 0 Å². The number of nitrogens with one attached hydrogen (secondary N) is 1. The maximum atomic E-state index is 3.69. The molecule has 0 aromatic heterocycles. The number of para-hydroxylation sites is 1. The second-order valence-electron chi connectivity index (χ2n) is 6.80. The lowest BCUT2D eigenvalue weighted by molar-refractivity contribution is 0.394. The third-order valence-electron chi connectivity index (χ3n) is 4.26. The molecule has 0 saturated carbocycles. The van der Waals surface area contributed by atoms with E-state index in [1.54, 1.807) is 0 Å². The third-order valence-corrected chi connectivity index (χ3v) is 4.26. The highest BCUT2D eigenvalue weighted by atomic mass is 15.2. The maximum Gasteiger partial charge on any atom is 0.0442 e. The van der Waals surface area contributed by atoms with Gasteiger partial charge in [0.15, 0.2) is 0 Å². The second-order valence-corrected chi connectivity index (χ2v) is 6.80. The van der Waals surface area contributed by atoms with E-state index in [0.717, 1.165) is 13.1 Å². The topological polar surface area (TPSA) is 15.3 Å². The molecule has 2 rings (SSSR count). The first kappa shape index (κ1) is 15.4. The van der Waals surface area contributed by atoms with Crippen LogP contribution in [-0.4, -0.2) is 18.6 Å². The van der Waals surface area contributed by atoms with E-state index in [1.807, 2.05) is 0 Å². The van der Waals surface area contributed by atoms with Crippen molar-refractivity contribution in [1.29, 1.82) is 0 Å². The largest absolute Gasteiger partial charge is 0.369 e. The van der Waals surface area contributed by atoms with Gasteiger partial charge in [0.25, 0.3) is 0 Å². The predicted molar refractivity (Wildman–Crippen MR) is 88.5 cm³/mol. The Labute approximate surface area is 124 Å². The summed E-state index contributed by atoms with van der Waals surface area (Å²) >= 11 is 0. The first-order chi connectivity index (χ1) is 9.53. The fourth-order valence-electron chi connectivity index (χ4n) is 3.18. The van der Waals surface area contributed by atoms with Gasteiger partial charge in [0.1, 0.15) is 0 Å². The van der Waals surface area contributed by atoms with Crippen molar-refractivity contribution in [2.45, 2.75) is 65.5 Å². The zero-order chi connectivity index (χ0) is 14.6. The van der Waals surface area contributed by atoms with Crippen molar-refractivity contribution in [1.82, 2.24) is 5.32 Å². The molecular weight excluding hydrogens is 244 g/mol. The third kappa shape index (κ3) is 3.76. The summed E-state index contributed by atoms with van der Waals surface area (Å²) in [5, 5.41) is 3.69. The highest BCUT2D eigenvalue weighted by Crippen LogP contribution is 2.30. The molecule has 1 aromatic rings. The lowest BCUT2D eigenvalue weighted by Crippen LogP contribution is -2.47. The molecule has 1 aromatic carbocycles. The van der Waals surface area contributed by atoms with E-state index in [4.69, 9.17) is 0 Å². The standard InChI is InChI=1S/C18H30N2/c1-5-6-7-8-12-20-14-18(3,4)19-13-16-11-9-10-15(2)17(16)20/h9-11,19H,5-8,12-14H2,1-4H3. The van der Waals surface area contributed by atoms with Gasteiger partial charge < -0.3 is 10.2 Å². The van der Waals surface area contributed by atoms with Crippen LogP contribution in [0.2, 0.25) is 0 Å². The molecule has 0 fully saturated rings. The molecule has 1 aliphatic rings. The van der Waals surface area contributed by atoms with Crippen LogP contribution in [0, 0.1) is 6.92 Å². The zero-order valence-corrected chi connectivity index (χ0v) is 13.6. The van der Waals surface area contributed by atoms with Gasteiger partial charge in [0.05, 0.1) is 0 Å². The summed E-state index contributed by atoms with van der Waals surface area (Å²) in [6.07, 6.45) is 5.32. The summed E-state index contributed by atoms with van der Waals surface area (Å²) in [6, 6.07) is 6.70. The van der Waals surface area contributed by atoms with Crippen molar-refractivity contribution >= 4 is 5.69 Å². The van der Waals surface area contributed by atoms with Gasteiger partial charge in [-0.3, -0.25) is 0 Å². The van der Waals surface area contributed by atoms with E-state index in [2.05, 4.69) is 56.1 Å². The predicted octanol–water partition coefficient (Wildman–Crippen LogP) is 4.26. The van der Waals surface area contributed by atoms with Crippen LogP contribution in [0.1, 0.15) is 57.6 Å². The van der Waals surface area contributed by atoms with Crippen LogP contribution >= 0.6 is 0 Å². The van der Waals surface area contributed by atoms with Crippen molar-refractivity contribution in [2.75, 3.05) is 18.0 Å². The highest BCUT2D eigenvalue weighted by molar-refractivity contribution is 5.60. The average molecular weight is 274 g/mol. The van der Waals surface area contributed by atoms with Gasteiger partial charge in [0, 0.05) is 30.9 Å². The second kappa shape index (κ2) is 6.62. The summed E-state index contributed by atoms with van der Waals surface area (Å²) in [4.78, 5) is 2.61. The van der Waals surface area contributed by atoms with Crippen LogP contribution < -0.4 is 10.2 Å². The molecule has 2 heteroatoms. The molecule has 0 saturated heterocycles. The van der Waals surface area contributed by atoms with E-state index in [-0.39, 0.29) is 5.54 Å². The van der Waals surface area contributed by atoms with Gasteiger partial charge in [0.2, 0.25) is 0 Å². The Morgan fingerprint density at radius 3 is 2.75 bits per heavy atom. The molecule has 1 N–H and O–H groups in total. The molecule has 1 aliphatic heterocycles. The Morgan fingerprint density at radius 1 is 1.20 bits per heavy atom. The van der Waals surface area contributed by atoms with Gasteiger partial charge >= 0.3 is 0 Å². The first-order valence-electron chi connectivity index (χ1n) is 8.12. The Kier molecular flexibility index (Phi) is 5.09. The van der Waals surface area contributed by atoms with E-state index >= 15 is 0 Å². The minimum Gasteiger partial charge on any atom is -0.369 e. The van der Waals surface area contributed by atoms with Crippen LogP contribution in [-0.2, 0) is 6.54 Å². The number of aryl methyl sites for hydroxylation is 1. The number of unbranched alkanes of at least 4 members (excludes halogenated alkanes) is 3. The Hall–Kier alpha value is -1.02. The fourth-order valence-corrected chi connectivity index (χ4v) is 3.18. The molecule has 0 aliphatic carbocycles. The molecule has 112 valence electrons. The van der Waals surface area contributed by atoms with E-state index in [0.29, 0.717) is 0 Å². The molecule has 0 bridgehead atoms. The number of hydrogen-bond acceptors (Lipinski definition) is 2. The number of fused-ring (bicyclic) bond motifs is 1. The van der Waals surface area contributed by atoms with Gasteiger partial charge in [-0.1, -0.05) is 44.4 Å². The Bertz CT molecular complexity index is 437. The van der Waals surface area contributed by atoms with Crippen molar-refractivity contribution in [3.8, 4) is 0 Å². The summed E-state index contributed by atoms with van der Waals surface area (Å²) < 4.78 is 0. The van der Waals surface area contributed by atoms with Gasteiger partial charge in [-0.2, -0.15) is 0 Å². The molecule has 2 nitrogen and oxygen atoms in total. The lowest BCUT2D eigenvalue weighted by Gasteiger charge is -2.33. The van der Waals surface area contributed by atoms with Crippen molar-refractivity contribution < 1.29 is 0 Å². The van der Waals surface area contributed by atoms with Gasteiger partial charge in [-0.15, -0.1) is 0 Å². The normalized spacial score (nSPS) is 17.7.